The molecule has 2 atom stereocenters. The highest BCUT2D eigenvalue weighted by atomic mass is 19.4. The zero-order valence-electron chi connectivity index (χ0n) is 13.2. The van der Waals surface area contributed by atoms with Crippen LogP contribution in [-0.4, -0.2) is 35.3 Å². The van der Waals surface area contributed by atoms with Gasteiger partial charge in [-0.2, -0.15) is 13.2 Å². The fourth-order valence-electron chi connectivity index (χ4n) is 2.67. The molecule has 0 spiro atoms. The Balaban J connectivity index is 1.86. The maximum atomic E-state index is 14.1. The van der Waals surface area contributed by atoms with Crippen LogP contribution in [0.2, 0.25) is 0 Å². The molecule has 25 heavy (non-hydrogen) atoms. The van der Waals surface area contributed by atoms with Gasteiger partial charge in [0.2, 0.25) is 5.95 Å². The van der Waals surface area contributed by atoms with Crippen LogP contribution in [0.1, 0.15) is 11.3 Å². The Bertz CT molecular complexity index is 778. The number of anilines is 1. The SMILES string of the molecule is Cc1nc(N[C@@H]2CNC[C@H]2F)ncc1-c1ccc(C(F)(F)F)cc1F. The van der Waals surface area contributed by atoms with Crippen LogP contribution < -0.4 is 10.6 Å². The normalized spacial score (nSPS) is 20.7. The van der Waals surface area contributed by atoms with Gasteiger partial charge in [0, 0.05) is 30.4 Å². The van der Waals surface area contributed by atoms with E-state index in [9.17, 15) is 22.0 Å². The van der Waals surface area contributed by atoms with Gasteiger partial charge in [0.15, 0.2) is 0 Å². The second kappa shape index (κ2) is 6.55. The summed E-state index contributed by atoms with van der Waals surface area (Å²) in [5.41, 5.74) is -0.438. The largest absolute Gasteiger partial charge is 0.416 e. The first-order valence-corrected chi connectivity index (χ1v) is 7.58. The Morgan fingerprint density at radius 1 is 1.20 bits per heavy atom. The molecule has 1 aliphatic rings. The molecule has 1 fully saturated rings. The molecule has 0 amide bonds. The Morgan fingerprint density at radius 3 is 2.52 bits per heavy atom. The minimum absolute atomic E-state index is 0.0250. The first-order valence-electron chi connectivity index (χ1n) is 7.58. The molecule has 2 aromatic rings. The van der Waals surface area contributed by atoms with Gasteiger partial charge in [-0.05, 0) is 19.1 Å². The maximum Gasteiger partial charge on any atom is 0.416 e. The Hall–Kier alpha value is -2.29. The van der Waals surface area contributed by atoms with Crippen LogP contribution in [0.15, 0.2) is 24.4 Å². The minimum atomic E-state index is -4.61. The number of rotatable bonds is 3. The van der Waals surface area contributed by atoms with Crippen molar-refractivity contribution < 1.29 is 22.0 Å². The summed E-state index contributed by atoms with van der Waals surface area (Å²) in [6.07, 6.45) is -4.38. The molecule has 1 aliphatic heterocycles. The highest BCUT2D eigenvalue weighted by Gasteiger charge is 2.31. The molecule has 134 valence electrons. The lowest BCUT2D eigenvalue weighted by molar-refractivity contribution is -0.137. The Labute approximate surface area is 140 Å². The first-order chi connectivity index (χ1) is 11.8. The number of alkyl halides is 4. The maximum absolute atomic E-state index is 14.1. The van der Waals surface area contributed by atoms with Gasteiger partial charge in [-0.3, -0.25) is 0 Å². The zero-order chi connectivity index (χ0) is 18.2. The van der Waals surface area contributed by atoms with E-state index in [2.05, 4.69) is 20.6 Å². The smallest absolute Gasteiger partial charge is 0.347 e. The number of aromatic nitrogens is 2. The molecule has 1 saturated heterocycles. The fourth-order valence-corrected chi connectivity index (χ4v) is 2.67. The molecule has 2 N–H and O–H groups in total. The van der Waals surface area contributed by atoms with E-state index in [1.54, 1.807) is 6.92 Å². The quantitative estimate of drug-likeness (QED) is 0.827. The first kappa shape index (κ1) is 17.5. The predicted octanol–water partition coefficient (Wildman–Crippen LogP) is 3.33. The third kappa shape index (κ3) is 3.71. The van der Waals surface area contributed by atoms with Crippen LogP contribution >= 0.6 is 0 Å². The number of hydrogen-bond acceptors (Lipinski definition) is 4. The van der Waals surface area contributed by atoms with Gasteiger partial charge in [0.1, 0.15) is 12.0 Å². The summed E-state index contributed by atoms with van der Waals surface area (Å²) >= 11 is 0. The molecule has 1 aromatic heterocycles. The summed E-state index contributed by atoms with van der Waals surface area (Å²) in [6, 6.07) is 1.84. The topological polar surface area (TPSA) is 49.8 Å². The standard InChI is InChI=1S/C16H15F5N4/c1-8-11(10-3-2-9(4-12(10)17)16(19,20)21)5-23-15(24-8)25-14-7-22-6-13(14)18/h2-5,13-14,22H,6-7H2,1H3,(H,23,24,25)/t13-,14-/m1/s1. The number of halogens is 5. The van der Waals surface area contributed by atoms with Gasteiger partial charge >= 0.3 is 6.18 Å². The summed E-state index contributed by atoms with van der Waals surface area (Å²) in [7, 11) is 0. The molecular formula is C16H15F5N4. The van der Waals surface area contributed by atoms with Gasteiger partial charge < -0.3 is 10.6 Å². The van der Waals surface area contributed by atoms with Crippen molar-refractivity contribution in [2.75, 3.05) is 18.4 Å². The minimum Gasteiger partial charge on any atom is -0.347 e. The van der Waals surface area contributed by atoms with Crippen molar-refractivity contribution in [3.8, 4) is 11.1 Å². The van der Waals surface area contributed by atoms with E-state index in [4.69, 9.17) is 0 Å². The fraction of sp³-hybridized carbons (Fsp3) is 0.375. The molecule has 0 aliphatic carbocycles. The van der Waals surface area contributed by atoms with Crippen molar-refractivity contribution in [2.24, 2.45) is 0 Å². The number of nitrogens with zero attached hydrogens (tertiary/aromatic N) is 2. The second-order valence-electron chi connectivity index (χ2n) is 5.81. The van der Waals surface area contributed by atoms with Gasteiger partial charge in [0.25, 0.3) is 0 Å². The number of hydrogen-bond donors (Lipinski definition) is 2. The van der Waals surface area contributed by atoms with Crippen LogP contribution in [0, 0.1) is 12.7 Å². The van der Waals surface area contributed by atoms with Crippen molar-refractivity contribution in [1.82, 2.24) is 15.3 Å². The molecule has 0 unspecified atom stereocenters. The van der Waals surface area contributed by atoms with E-state index in [-0.39, 0.29) is 23.6 Å². The van der Waals surface area contributed by atoms with Gasteiger partial charge in [-0.25, -0.2) is 18.7 Å². The van der Waals surface area contributed by atoms with Crippen molar-refractivity contribution in [3.05, 3.63) is 41.5 Å². The predicted molar refractivity (Wildman–Crippen MR) is 82.3 cm³/mol. The lowest BCUT2D eigenvalue weighted by Crippen LogP contribution is -2.30. The molecule has 3 rings (SSSR count). The molecule has 9 heteroatoms. The highest BCUT2D eigenvalue weighted by Crippen LogP contribution is 2.33. The van der Waals surface area contributed by atoms with Crippen molar-refractivity contribution in [2.45, 2.75) is 25.3 Å². The number of nitrogens with one attached hydrogen (secondary N) is 2. The molecule has 1 aromatic carbocycles. The van der Waals surface area contributed by atoms with E-state index < -0.39 is 29.8 Å². The lowest BCUT2D eigenvalue weighted by atomic mass is 10.0. The molecular weight excluding hydrogens is 343 g/mol. The van der Waals surface area contributed by atoms with Crippen molar-refractivity contribution in [3.63, 3.8) is 0 Å². The van der Waals surface area contributed by atoms with Crippen molar-refractivity contribution >= 4 is 5.95 Å². The highest BCUT2D eigenvalue weighted by molar-refractivity contribution is 5.66. The monoisotopic (exact) mass is 358 g/mol. The van der Waals surface area contributed by atoms with E-state index >= 15 is 0 Å². The molecule has 0 saturated carbocycles. The number of benzene rings is 1. The molecule has 2 heterocycles. The summed E-state index contributed by atoms with van der Waals surface area (Å²) in [5, 5.41) is 5.74. The van der Waals surface area contributed by atoms with Crippen LogP contribution in [0.3, 0.4) is 0 Å². The van der Waals surface area contributed by atoms with Crippen LogP contribution in [0.5, 0.6) is 0 Å². The lowest BCUT2D eigenvalue weighted by Gasteiger charge is -2.15. The Morgan fingerprint density at radius 2 is 1.96 bits per heavy atom. The third-order valence-corrected chi connectivity index (χ3v) is 4.02. The van der Waals surface area contributed by atoms with Gasteiger partial charge in [-0.1, -0.05) is 6.07 Å². The third-order valence-electron chi connectivity index (χ3n) is 4.02. The van der Waals surface area contributed by atoms with E-state index in [0.29, 0.717) is 18.3 Å². The van der Waals surface area contributed by atoms with Crippen molar-refractivity contribution in [1.29, 1.82) is 0 Å². The van der Waals surface area contributed by atoms with Crippen LogP contribution in [-0.2, 0) is 6.18 Å². The van der Waals surface area contributed by atoms with Crippen LogP contribution in [0.25, 0.3) is 11.1 Å². The van der Waals surface area contributed by atoms with E-state index in [1.807, 2.05) is 0 Å². The Kier molecular flexibility index (Phi) is 4.59. The second-order valence-corrected chi connectivity index (χ2v) is 5.81. The summed E-state index contributed by atoms with van der Waals surface area (Å²) in [5.74, 6) is -0.823. The summed E-state index contributed by atoms with van der Waals surface area (Å²) < 4.78 is 65.6. The molecule has 0 radical (unpaired) electrons. The zero-order valence-corrected chi connectivity index (χ0v) is 13.2. The molecule has 4 nitrogen and oxygen atoms in total. The van der Waals surface area contributed by atoms with Gasteiger partial charge in [-0.15, -0.1) is 0 Å². The number of aryl methyl sites for hydroxylation is 1. The van der Waals surface area contributed by atoms with E-state index in [0.717, 1.165) is 12.1 Å². The van der Waals surface area contributed by atoms with E-state index in [1.165, 1.54) is 6.20 Å². The average molecular weight is 358 g/mol. The van der Waals surface area contributed by atoms with Gasteiger partial charge in [0.05, 0.1) is 17.3 Å². The molecule has 0 bridgehead atoms. The summed E-state index contributed by atoms with van der Waals surface area (Å²) in [6.45, 7) is 2.25. The summed E-state index contributed by atoms with van der Waals surface area (Å²) in [4.78, 5) is 8.17. The average Bonchev–Trinajstić information content (AvgIpc) is 2.92. The van der Waals surface area contributed by atoms with Crippen LogP contribution in [0.4, 0.5) is 27.9 Å².